The van der Waals surface area contributed by atoms with Crippen molar-refractivity contribution < 1.29 is 5.11 Å². The molecule has 0 spiro atoms. The molecule has 0 aromatic carbocycles. The zero-order valence-electron chi connectivity index (χ0n) is 10.7. The van der Waals surface area contributed by atoms with E-state index < -0.39 is 0 Å². The zero-order chi connectivity index (χ0) is 12.0. The summed E-state index contributed by atoms with van der Waals surface area (Å²) in [6.45, 7) is 4.38. The minimum absolute atomic E-state index is 0.0981. The third-order valence-corrected chi connectivity index (χ3v) is 4.50. The Morgan fingerprint density at radius 2 is 1.94 bits per heavy atom. The SMILES string of the molecule is Cc1nn(C)c(N2CC3CCCC3C2)c1CO. The van der Waals surface area contributed by atoms with Crippen molar-refractivity contribution in [2.24, 2.45) is 18.9 Å². The third kappa shape index (κ3) is 1.66. The summed E-state index contributed by atoms with van der Waals surface area (Å²) >= 11 is 0. The predicted octanol–water partition coefficient (Wildman–Crippen LogP) is 1.46. The van der Waals surface area contributed by atoms with Gasteiger partial charge in [-0.05, 0) is 31.6 Å². The first kappa shape index (κ1) is 11.1. The van der Waals surface area contributed by atoms with E-state index in [0.29, 0.717) is 0 Å². The molecular weight excluding hydrogens is 214 g/mol. The van der Waals surface area contributed by atoms with Crippen LogP contribution in [0.2, 0.25) is 0 Å². The van der Waals surface area contributed by atoms with Crippen molar-refractivity contribution in [2.45, 2.75) is 32.8 Å². The number of hydrogen-bond donors (Lipinski definition) is 1. The fraction of sp³-hybridized carbons (Fsp3) is 0.769. The number of aliphatic hydroxyl groups excluding tert-OH is 1. The van der Waals surface area contributed by atoms with E-state index in [-0.39, 0.29) is 6.61 Å². The first-order chi connectivity index (χ1) is 8.20. The van der Waals surface area contributed by atoms with Gasteiger partial charge in [0.1, 0.15) is 5.82 Å². The molecule has 2 aliphatic rings. The Morgan fingerprint density at radius 3 is 2.53 bits per heavy atom. The Hall–Kier alpha value is -1.03. The largest absolute Gasteiger partial charge is 0.391 e. The van der Waals surface area contributed by atoms with Crippen LogP contribution < -0.4 is 4.90 Å². The molecule has 1 aromatic rings. The van der Waals surface area contributed by atoms with Crippen molar-refractivity contribution in [1.82, 2.24) is 9.78 Å². The highest BCUT2D eigenvalue weighted by atomic mass is 16.3. The van der Waals surface area contributed by atoms with Gasteiger partial charge in [0.25, 0.3) is 0 Å². The average Bonchev–Trinajstić information content (AvgIpc) is 2.89. The summed E-state index contributed by atoms with van der Waals surface area (Å²) in [4.78, 5) is 2.43. The van der Waals surface area contributed by atoms with Gasteiger partial charge < -0.3 is 10.0 Å². The molecule has 2 unspecified atom stereocenters. The molecule has 4 nitrogen and oxygen atoms in total. The normalized spacial score (nSPS) is 27.8. The second kappa shape index (κ2) is 4.02. The number of fused-ring (bicyclic) bond motifs is 1. The van der Waals surface area contributed by atoms with Crippen molar-refractivity contribution in [3.05, 3.63) is 11.3 Å². The Labute approximate surface area is 102 Å². The lowest BCUT2D eigenvalue weighted by atomic mass is 10.0. The number of aromatic nitrogens is 2. The van der Waals surface area contributed by atoms with Crippen LogP contribution in [0.5, 0.6) is 0 Å². The summed E-state index contributed by atoms with van der Waals surface area (Å²) < 4.78 is 1.93. The zero-order valence-corrected chi connectivity index (χ0v) is 10.7. The van der Waals surface area contributed by atoms with E-state index in [1.165, 1.54) is 19.3 Å². The lowest BCUT2D eigenvalue weighted by Crippen LogP contribution is -2.24. The van der Waals surface area contributed by atoms with Gasteiger partial charge in [-0.15, -0.1) is 0 Å². The minimum atomic E-state index is 0.0981. The first-order valence-electron chi connectivity index (χ1n) is 6.59. The molecule has 17 heavy (non-hydrogen) atoms. The molecule has 4 heteroatoms. The van der Waals surface area contributed by atoms with Crippen LogP contribution in [-0.2, 0) is 13.7 Å². The van der Waals surface area contributed by atoms with Gasteiger partial charge in [-0.1, -0.05) is 6.42 Å². The van der Waals surface area contributed by atoms with Gasteiger partial charge in [0.15, 0.2) is 0 Å². The third-order valence-electron chi connectivity index (χ3n) is 4.50. The Morgan fingerprint density at radius 1 is 1.29 bits per heavy atom. The number of aryl methyl sites for hydroxylation is 2. The van der Waals surface area contributed by atoms with Crippen LogP contribution in [0.25, 0.3) is 0 Å². The van der Waals surface area contributed by atoms with Gasteiger partial charge in [-0.2, -0.15) is 5.10 Å². The molecule has 1 saturated carbocycles. The highest BCUT2D eigenvalue weighted by Gasteiger charge is 2.37. The lowest BCUT2D eigenvalue weighted by molar-refractivity contribution is 0.281. The maximum absolute atomic E-state index is 9.50. The van der Waals surface area contributed by atoms with Crippen LogP contribution in [0.4, 0.5) is 5.82 Å². The maximum atomic E-state index is 9.50. The Kier molecular flexibility index (Phi) is 2.62. The second-order valence-corrected chi connectivity index (χ2v) is 5.53. The lowest BCUT2D eigenvalue weighted by Gasteiger charge is -2.21. The number of rotatable bonds is 2. The number of nitrogens with zero attached hydrogens (tertiary/aromatic N) is 3. The molecule has 3 rings (SSSR count). The van der Waals surface area contributed by atoms with Crippen LogP contribution >= 0.6 is 0 Å². The molecule has 1 aliphatic heterocycles. The van der Waals surface area contributed by atoms with E-state index in [9.17, 15) is 5.11 Å². The van der Waals surface area contributed by atoms with Gasteiger partial charge in [-0.25, -0.2) is 0 Å². The van der Waals surface area contributed by atoms with Gasteiger partial charge in [0.2, 0.25) is 0 Å². The van der Waals surface area contributed by atoms with Crippen LogP contribution in [-0.4, -0.2) is 28.0 Å². The monoisotopic (exact) mass is 235 g/mol. The molecule has 0 radical (unpaired) electrons. The van der Waals surface area contributed by atoms with Crippen molar-refractivity contribution in [1.29, 1.82) is 0 Å². The number of hydrogen-bond acceptors (Lipinski definition) is 3. The van der Waals surface area contributed by atoms with Gasteiger partial charge in [0.05, 0.1) is 12.3 Å². The van der Waals surface area contributed by atoms with E-state index in [2.05, 4.69) is 10.00 Å². The predicted molar refractivity (Wildman–Crippen MR) is 66.9 cm³/mol. The summed E-state index contributed by atoms with van der Waals surface area (Å²) in [5, 5.41) is 13.9. The molecule has 0 amide bonds. The van der Waals surface area contributed by atoms with Crippen LogP contribution in [0, 0.1) is 18.8 Å². The summed E-state index contributed by atoms with van der Waals surface area (Å²) in [6, 6.07) is 0. The minimum Gasteiger partial charge on any atom is -0.391 e. The molecule has 1 saturated heterocycles. The van der Waals surface area contributed by atoms with Crippen molar-refractivity contribution in [3.8, 4) is 0 Å². The van der Waals surface area contributed by atoms with E-state index in [1.54, 1.807) is 0 Å². The van der Waals surface area contributed by atoms with E-state index in [1.807, 2.05) is 18.7 Å². The molecule has 2 heterocycles. The average molecular weight is 235 g/mol. The highest BCUT2D eigenvalue weighted by Crippen LogP contribution is 2.40. The maximum Gasteiger partial charge on any atom is 0.132 e. The Bertz CT molecular complexity index is 415. The molecule has 2 fully saturated rings. The quantitative estimate of drug-likeness (QED) is 0.843. The summed E-state index contributed by atoms with van der Waals surface area (Å²) in [7, 11) is 1.98. The molecular formula is C13H21N3O. The van der Waals surface area contributed by atoms with Gasteiger partial charge in [0, 0.05) is 25.7 Å². The van der Waals surface area contributed by atoms with E-state index in [0.717, 1.165) is 42.0 Å². The molecule has 0 bridgehead atoms. The van der Waals surface area contributed by atoms with E-state index >= 15 is 0 Å². The number of anilines is 1. The van der Waals surface area contributed by atoms with Crippen LogP contribution in [0.15, 0.2) is 0 Å². The first-order valence-corrected chi connectivity index (χ1v) is 6.59. The van der Waals surface area contributed by atoms with Crippen molar-refractivity contribution in [3.63, 3.8) is 0 Å². The molecule has 1 aromatic heterocycles. The van der Waals surface area contributed by atoms with Crippen LogP contribution in [0.1, 0.15) is 30.5 Å². The molecule has 1 aliphatic carbocycles. The van der Waals surface area contributed by atoms with Gasteiger partial charge in [-0.3, -0.25) is 4.68 Å². The fourth-order valence-corrected chi connectivity index (χ4v) is 3.68. The van der Waals surface area contributed by atoms with Gasteiger partial charge >= 0.3 is 0 Å². The Balaban J connectivity index is 1.90. The van der Waals surface area contributed by atoms with Crippen molar-refractivity contribution >= 4 is 5.82 Å². The summed E-state index contributed by atoms with van der Waals surface area (Å²) in [6.07, 6.45) is 4.17. The second-order valence-electron chi connectivity index (χ2n) is 5.53. The standard InChI is InChI=1S/C13H21N3O/c1-9-12(8-17)13(15(2)14-9)16-6-10-4-3-5-11(10)7-16/h10-11,17H,3-8H2,1-2H3. The molecule has 1 N–H and O–H groups in total. The summed E-state index contributed by atoms with van der Waals surface area (Å²) in [5.41, 5.74) is 1.97. The molecule has 2 atom stereocenters. The topological polar surface area (TPSA) is 41.3 Å². The van der Waals surface area contributed by atoms with Crippen molar-refractivity contribution in [2.75, 3.05) is 18.0 Å². The summed E-state index contributed by atoms with van der Waals surface area (Å²) in [5.74, 6) is 2.88. The fourth-order valence-electron chi connectivity index (χ4n) is 3.68. The van der Waals surface area contributed by atoms with Crippen LogP contribution in [0.3, 0.4) is 0 Å². The molecule has 94 valence electrons. The van der Waals surface area contributed by atoms with E-state index in [4.69, 9.17) is 0 Å². The smallest absolute Gasteiger partial charge is 0.132 e. The highest BCUT2D eigenvalue weighted by molar-refractivity contribution is 5.51. The number of aliphatic hydroxyl groups is 1.